The lowest BCUT2D eigenvalue weighted by atomic mass is 10.4. The number of anilines is 1. The zero-order valence-corrected chi connectivity index (χ0v) is 11.7. The predicted molar refractivity (Wildman–Crippen MR) is 71.6 cm³/mol. The molecule has 0 fully saturated rings. The number of aryl methyl sites for hydroxylation is 1. The number of nitrogens with zero attached hydrogens (tertiary/aromatic N) is 2. The average molecular weight is 319 g/mol. The van der Waals surface area contributed by atoms with Gasteiger partial charge in [-0.2, -0.15) is 13.2 Å². The Morgan fingerprint density at radius 1 is 1.30 bits per heavy atom. The van der Waals surface area contributed by atoms with E-state index in [-0.39, 0.29) is 5.13 Å². The van der Waals surface area contributed by atoms with Crippen LogP contribution in [0.25, 0.3) is 6.08 Å². The maximum atomic E-state index is 12.3. The molecule has 2 heterocycles. The lowest BCUT2D eigenvalue weighted by Crippen LogP contribution is -2.09. The maximum absolute atomic E-state index is 12.3. The van der Waals surface area contributed by atoms with Gasteiger partial charge in [-0.1, -0.05) is 0 Å². The van der Waals surface area contributed by atoms with Gasteiger partial charge in [0.2, 0.25) is 5.91 Å². The molecule has 0 spiro atoms. The van der Waals surface area contributed by atoms with Gasteiger partial charge in [0, 0.05) is 16.8 Å². The second-order valence-corrected chi connectivity index (χ2v) is 5.57. The van der Waals surface area contributed by atoms with Crippen molar-refractivity contribution in [1.29, 1.82) is 0 Å². The number of thiazole rings is 2. The van der Waals surface area contributed by atoms with Gasteiger partial charge in [0.25, 0.3) is 0 Å². The van der Waals surface area contributed by atoms with Gasteiger partial charge in [-0.3, -0.25) is 10.1 Å². The van der Waals surface area contributed by atoms with Gasteiger partial charge < -0.3 is 0 Å². The second kappa shape index (κ2) is 5.71. The number of hydrogen-bond acceptors (Lipinski definition) is 5. The van der Waals surface area contributed by atoms with Gasteiger partial charge in [-0.15, -0.1) is 22.7 Å². The molecule has 0 aliphatic rings. The molecule has 20 heavy (non-hydrogen) atoms. The normalized spacial score (nSPS) is 12.0. The van der Waals surface area contributed by atoms with Crippen LogP contribution in [0.5, 0.6) is 0 Å². The predicted octanol–water partition coefficient (Wildman–Crippen LogP) is 3.58. The number of hydrogen-bond donors (Lipinski definition) is 1. The maximum Gasteiger partial charge on any atom is 0.434 e. The molecule has 0 aromatic carbocycles. The number of rotatable bonds is 3. The highest BCUT2D eigenvalue weighted by atomic mass is 32.1. The lowest BCUT2D eigenvalue weighted by molar-refractivity contribution is -0.140. The molecule has 2 aromatic rings. The van der Waals surface area contributed by atoms with Crippen LogP contribution in [0.1, 0.15) is 16.4 Å². The van der Waals surface area contributed by atoms with Crippen molar-refractivity contribution in [3.05, 3.63) is 33.2 Å². The molecule has 0 aliphatic carbocycles. The minimum absolute atomic E-state index is 0.0959. The number of alkyl halides is 3. The van der Waals surface area contributed by atoms with Gasteiger partial charge in [0.15, 0.2) is 10.8 Å². The third-order valence-electron chi connectivity index (χ3n) is 2.07. The molecule has 4 nitrogen and oxygen atoms in total. The third-order valence-corrected chi connectivity index (χ3v) is 3.62. The van der Waals surface area contributed by atoms with Gasteiger partial charge in [0.05, 0.1) is 10.7 Å². The highest BCUT2D eigenvalue weighted by Crippen LogP contribution is 2.31. The summed E-state index contributed by atoms with van der Waals surface area (Å²) in [6, 6.07) is 0. The zero-order chi connectivity index (χ0) is 14.8. The second-order valence-electron chi connectivity index (χ2n) is 3.65. The van der Waals surface area contributed by atoms with E-state index in [0.717, 1.165) is 21.7 Å². The number of halogens is 3. The zero-order valence-electron chi connectivity index (χ0n) is 10.1. The summed E-state index contributed by atoms with van der Waals surface area (Å²) < 4.78 is 37.0. The van der Waals surface area contributed by atoms with Crippen molar-refractivity contribution in [1.82, 2.24) is 9.97 Å². The number of aromatic nitrogens is 2. The molecule has 1 amide bonds. The van der Waals surface area contributed by atoms with E-state index in [4.69, 9.17) is 0 Å². The highest BCUT2D eigenvalue weighted by Gasteiger charge is 2.33. The van der Waals surface area contributed by atoms with Crippen molar-refractivity contribution < 1.29 is 18.0 Å². The van der Waals surface area contributed by atoms with Crippen LogP contribution in [-0.2, 0) is 11.0 Å². The fraction of sp³-hybridized carbons (Fsp3) is 0.182. The van der Waals surface area contributed by atoms with Crippen molar-refractivity contribution >= 4 is 39.8 Å². The molecule has 2 rings (SSSR count). The van der Waals surface area contributed by atoms with Gasteiger partial charge >= 0.3 is 6.18 Å². The van der Waals surface area contributed by atoms with Crippen LogP contribution in [0.2, 0.25) is 0 Å². The molecular formula is C11H8F3N3OS2. The van der Waals surface area contributed by atoms with E-state index in [0.29, 0.717) is 5.69 Å². The quantitative estimate of drug-likeness (QED) is 0.880. The first kappa shape index (κ1) is 14.7. The summed E-state index contributed by atoms with van der Waals surface area (Å²) in [6.45, 7) is 1.83. The molecule has 0 atom stereocenters. The van der Waals surface area contributed by atoms with Crippen LogP contribution in [0.3, 0.4) is 0 Å². The van der Waals surface area contributed by atoms with E-state index >= 15 is 0 Å². The topological polar surface area (TPSA) is 54.9 Å². The summed E-state index contributed by atoms with van der Waals surface area (Å²) in [5.74, 6) is -0.557. The van der Waals surface area contributed by atoms with Crippen molar-refractivity contribution in [2.24, 2.45) is 0 Å². The van der Waals surface area contributed by atoms with Crippen molar-refractivity contribution in [3.8, 4) is 0 Å². The fourth-order valence-electron chi connectivity index (χ4n) is 1.23. The Labute approximate surface area is 120 Å². The van der Waals surface area contributed by atoms with Gasteiger partial charge in [-0.25, -0.2) is 9.97 Å². The molecule has 0 aliphatic heterocycles. The monoisotopic (exact) mass is 319 g/mol. The summed E-state index contributed by atoms with van der Waals surface area (Å²) in [5.41, 5.74) is -0.394. The largest absolute Gasteiger partial charge is 0.434 e. The Kier molecular flexibility index (Phi) is 4.19. The molecule has 0 saturated heterocycles. The van der Waals surface area contributed by atoms with Crippen LogP contribution >= 0.6 is 22.7 Å². The summed E-state index contributed by atoms with van der Waals surface area (Å²) >= 11 is 2.16. The molecule has 9 heteroatoms. The standard InChI is InChI=1S/C11H8F3N3OS2/c1-6-15-7(4-19-6)2-3-9(18)17-10-16-8(5-20-10)11(12,13)14/h2-5H,1H3,(H,16,17,18)/b3-2+. The molecule has 1 N–H and O–H groups in total. The van der Waals surface area contributed by atoms with Crippen LogP contribution in [0.15, 0.2) is 16.8 Å². The Hall–Kier alpha value is -1.74. The Balaban J connectivity index is 1.98. The Morgan fingerprint density at radius 3 is 2.60 bits per heavy atom. The van der Waals surface area contributed by atoms with Crippen LogP contribution in [0, 0.1) is 6.92 Å². The van der Waals surface area contributed by atoms with Crippen molar-refractivity contribution in [3.63, 3.8) is 0 Å². The van der Waals surface area contributed by atoms with Gasteiger partial charge in [0.1, 0.15) is 0 Å². The first-order valence-corrected chi connectivity index (χ1v) is 7.04. The first-order valence-electron chi connectivity index (χ1n) is 5.28. The van der Waals surface area contributed by atoms with Crippen molar-refractivity contribution in [2.45, 2.75) is 13.1 Å². The minimum Gasteiger partial charge on any atom is -0.298 e. The Morgan fingerprint density at radius 2 is 2.05 bits per heavy atom. The van der Waals surface area contributed by atoms with Crippen LogP contribution in [-0.4, -0.2) is 15.9 Å². The number of carbonyl (C=O) groups is 1. The molecule has 106 valence electrons. The SMILES string of the molecule is Cc1nc(/C=C/C(=O)Nc2nc(C(F)(F)F)cs2)cs1. The fourth-order valence-corrected chi connectivity index (χ4v) is 2.53. The van der Waals surface area contributed by atoms with E-state index < -0.39 is 17.8 Å². The molecule has 0 unspecified atom stereocenters. The molecular weight excluding hydrogens is 311 g/mol. The minimum atomic E-state index is -4.51. The first-order chi connectivity index (χ1) is 9.34. The van der Waals surface area contributed by atoms with Crippen LogP contribution < -0.4 is 5.32 Å². The summed E-state index contributed by atoms with van der Waals surface area (Å²) in [4.78, 5) is 18.9. The van der Waals surface area contributed by atoms with E-state index in [9.17, 15) is 18.0 Å². The van der Waals surface area contributed by atoms with Gasteiger partial charge in [-0.05, 0) is 13.0 Å². The third kappa shape index (κ3) is 3.87. The molecule has 0 radical (unpaired) electrons. The van der Waals surface area contributed by atoms with E-state index in [1.165, 1.54) is 23.5 Å². The summed E-state index contributed by atoms with van der Waals surface area (Å²) in [7, 11) is 0. The van der Waals surface area contributed by atoms with E-state index in [1.807, 2.05) is 6.92 Å². The smallest absolute Gasteiger partial charge is 0.298 e. The number of carbonyl (C=O) groups excluding carboxylic acids is 1. The molecule has 2 aromatic heterocycles. The Bertz CT molecular complexity index is 645. The average Bonchev–Trinajstić information content (AvgIpc) is 2.95. The van der Waals surface area contributed by atoms with Crippen LogP contribution in [0.4, 0.5) is 18.3 Å². The number of nitrogens with one attached hydrogen (secondary N) is 1. The van der Waals surface area contributed by atoms with E-state index in [2.05, 4.69) is 15.3 Å². The summed E-state index contributed by atoms with van der Waals surface area (Å²) in [6.07, 6.45) is -1.83. The van der Waals surface area contributed by atoms with Crippen molar-refractivity contribution in [2.75, 3.05) is 5.32 Å². The lowest BCUT2D eigenvalue weighted by Gasteiger charge is -2.00. The highest BCUT2D eigenvalue weighted by molar-refractivity contribution is 7.14. The molecule has 0 saturated carbocycles. The van der Waals surface area contributed by atoms with E-state index in [1.54, 1.807) is 5.38 Å². The molecule has 0 bridgehead atoms. The summed E-state index contributed by atoms with van der Waals surface area (Å²) in [5, 5.41) is 5.65. The number of amides is 1.